The molecule has 5 atom stereocenters. The van der Waals surface area contributed by atoms with Crippen molar-refractivity contribution >= 4 is 29.2 Å². The van der Waals surface area contributed by atoms with Gasteiger partial charge in [-0.1, -0.05) is 35.5 Å². The highest BCUT2D eigenvalue weighted by atomic mass is 16.6. The van der Waals surface area contributed by atoms with E-state index < -0.39 is 39.5 Å². The van der Waals surface area contributed by atoms with E-state index in [0.717, 1.165) is 31.5 Å². The van der Waals surface area contributed by atoms with Crippen molar-refractivity contribution in [3.8, 4) is 11.5 Å². The van der Waals surface area contributed by atoms with E-state index in [2.05, 4.69) is 43.1 Å². The Morgan fingerprint density at radius 3 is 2.35 bits per heavy atom. The molecule has 0 aromatic heterocycles. The Bertz CT molecular complexity index is 2010. The molecule has 4 aliphatic heterocycles. The van der Waals surface area contributed by atoms with Crippen molar-refractivity contribution in [3.05, 3.63) is 74.3 Å². The Hall–Kier alpha value is -4.15. The Labute approximate surface area is 319 Å². The molecular formula is C44H55N3O7. The average molecular weight is 738 g/mol. The first kappa shape index (κ1) is 38.1. The van der Waals surface area contributed by atoms with Gasteiger partial charge in [-0.05, 0) is 119 Å². The third kappa shape index (κ3) is 5.29. The summed E-state index contributed by atoms with van der Waals surface area (Å²) in [4.78, 5) is 60.8. The molecule has 3 fully saturated rings. The maximum atomic E-state index is 15.3. The second-order valence-corrected chi connectivity index (χ2v) is 17.7. The predicted molar refractivity (Wildman–Crippen MR) is 209 cm³/mol. The molecule has 3 unspecified atom stereocenters. The van der Waals surface area contributed by atoms with Crippen molar-refractivity contribution in [2.75, 3.05) is 33.2 Å². The van der Waals surface area contributed by atoms with Crippen LogP contribution in [0.1, 0.15) is 109 Å². The third-order valence-corrected chi connectivity index (χ3v) is 12.9. The Balaban J connectivity index is 1.35. The second kappa shape index (κ2) is 13.0. The van der Waals surface area contributed by atoms with Gasteiger partial charge in [0.05, 0.1) is 16.6 Å². The molecule has 1 amide bonds. The highest BCUT2D eigenvalue weighted by Crippen LogP contribution is 2.79. The van der Waals surface area contributed by atoms with E-state index in [9.17, 15) is 14.5 Å². The van der Waals surface area contributed by atoms with Crippen LogP contribution >= 0.6 is 0 Å². The van der Waals surface area contributed by atoms with Crippen LogP contribution in [-0.2, 0) is 20.7 Å². The molecule has 7 rings (SSSR count). The fourth-order valence-corrected chi connectivity index (χ4v) is 10.2. The molecular weight excluding hydrogens is 682 g/mol. The first-order valence-electron chi connectivity index (χ1n) is 19.4. The lowest BCUT2D eigenvalue weighted by molar-refractivity contribution is -0.335. The zero-order valence-electron chi connectivity index (χ0n) is 33.6. The summed E-state index contributed by atoms with van der Waals surface area (Å²) >= 11 is 0. The van der Waals surface area contributed by atoms with Gasteiger partial charge in [0.25, 0.3) is 0 Å². The van der Waals surface area contributed by atoms with Gasteiger partial charge in [-0.25, -0.2) is 0 Å². The zero-order valence-corrected chi connectivity index (χ0v) is 33.6. The zero-order chi connectivity index (χ0) is 39.2. The summed E-state index contributed by atoms with van der Waals surface area (Å²) in [7, 11) is 2.06. The molecule has 0 radical (unpaired) electrons. The molecule has 0 N–H and O–H groups in total. The number of carbonyl (C=O) groups is 3. The maximum Gasteiger partial charge on any atom is 0.249 e. The number of ether oxygens (including phenoxy) is 3. The van der Waals surface area contributed by atoms with Gasteiger partial charge >= 0.3 is 0 Å². The quantitative estimate of drug-likeness (QED) is 0.142. The summed E-state index contributed by atoms with van der Waals surface area (Å²) in [5, 5.41) is 3.50. The summed E-state index contributed by atoms with van der Waals surface area (Å²) in [5.74, 6) is 0.0819. The number of nitroso groups, excluding NO2 is 1. The lowest BCUT2D eigenvalue weighted by atomic mass is 9.52. The number of likely N-dealkylation sites (N-methyl/N-ethyl adjacent to an activating group) is 1. The number of rotatable bonds is 9. The van der Waals surface area contributed by atoms with Gasteiger partial charge in [0.15, 0.2) is 11.6 Å². The number of nitrogens with zero attached hydrogens (tertiary/aromatic N) is 3. The third-order valence-electron chi connectivity index (χ3n) is 12.9. The predicted octanol–water partition coefficient (Wildman–Crippen LogP) is 8.01. The molecule has 4 heterocycles. The van der Waals surface area contributed by atoms with Crippen LogP contribution in [0.5, 0.6) is 11.5 Å². The van der Waals surface area contributed by atoms with Crippen LogP contribution in [0.25, 0.3) is 6.08 Å². The van der Waals surface area contributed by atoms with Crippen LogP contribution in [0.4, 0.5) is 5.69 Å². The van der Waals surface area contributed by atoms with Crippen molar-refractivity contribution < 1.29 is 28.6 Å². The topological polar surface area (TPSA) is 115 Å². The Morgan fingerprint density at radius 1 is 0.963 bits per heavy atom. The molecule has 1 aromatic rings. The largest absolute Gasteiger partial charge is 0.487 e. The molecule has 6 aliphatic rings. The summed E-state index contributed by atoms with van der Waals surface area (Å²) in [6.45, 7) is 20.6. The van der Waals surface area contributed by atoms with Crippen molar-refractivity contribution in [1.82, 2.24) is 9.80 Å². The minimum Gasteiger partial charge on any atom is -0.487 e. The number of carbonyl (C=O) groups excluding carboxylic acids is 3. The molecule has 10 nitrogen and oxygen atoms in total. The Kier molecular flexibility index (Phi) is 9.16. The monoisotopic (exact) mass is 737 g/mol. The highest BCUT2D eigenvalue weighted by molar-refractivity contribution is 6.21. The van der Waals surface area contributed by atoms with Crippen LogP contribution < -0.4 is 9.47 Å². The lowest BCUT2D eigenvalue weighted by Gasteiger charge is -2.65. The van der Waals surface area contributed by atoms with Gasteiger partial charge in [0, 0.05) is 48.3 Å². The van der Waals surface area contributed by atoms with Crippen LogP contribution in [0, 0.1) is 15.7 Å². The first-order valence-corrected chi connectivity index (χ1v) is 19.4. The number of amides is 1. The fourth-order valence-electron chi connectivity index (χ4n) is 10.2. The number of Topliss-reactive ketones (excluding diaryl/α,β-unsaturated/α-hetero) is 2. The molecule has 10 heteroatoms. The first-order chi connectivity index (χ1) is 25.4. The van der Waals surface area contributed by atoms with Crippen molar-refractivity contribution in [3.63, 3.8) is 0 Å². The number of ketones is 2. The van der Waals surface area contributed by atoms with Crippen LogP contribution in [0.15, 0.2) is 57.8 Å². The molecule has 4 bridgehead atoms. The maximum absolute atomic E-state index is 15.3. The van der Waals surface area contributed by atoms with Crippen molar-refractivity contribution in [1.29, 1.82) is 0 Å². The van der Waals surface area contributed by atoms with Crippen LogP contribution in [0.3, 0.4) is 0 Å². The molecule has 54 heavy (non-hydrogen) atoms. The minimum atomic E-state index is -1.45. The van der Waals surface area contributed by atoms with Crippen LogP contribution in [-0.4, -0.2) is 83.4 Å². The van der Waals surface area contributed by atoms with E-state index >= 15 is 4.79 Å². The molecule has 1 saturated carbocycles. The molecule has 288 valence electrons. The van der Waals surface area contributed by atoms with Gasteiger partial charge in [-0.3, -0.25) is 14.4 Å². The van der Waals surface area contributed by atoms with Crippen molar-refractivity contribution in [2.45, 2.75) is 117 Å². The lowest BCUT2D eigenvalue weighted by Crippen LogP contribution is -2.78. The SMILES string of the molecule is CC(C)=CCCC1(C)C=Cc2c(N=O)c3c(c(CC=C(C)C)c2O1)OC1C24C(=C[C@@]1(C)C(=O)[C@]2(C/C=C(/C)C(=O)N1CCCN(C)CC1)OC4(C)C)C3=O. The van der Waals surface area contributed by atoms with Gasteiger partial charge in [-0.15, -0.1) is 4.91 Å². The van der Waals surface area contributed by atoms with Crippen molar-refractivity contribution in [2.24, 2.45) is 16.0 Å². The number of hydrogen-bond acceptors (Lipinski definition) is 9. The normalized spacial score (nSPS) is 31.8. The number of fused-ring (bicyclic) bond motifs is 2. The minimum absolute atomic E-state index is 0.0289. The van der Waals surface area contributed by atoms with E-state index in [1.807, 2.05) is 64.7 Å². The standard InChI is InChI=1S/C44H55N3O7/c1-26(2)13-11-18-41(8)19-17-29-33(45-51)32-34(48)31-25-42(9)38(50)43(20-16-28(5)37(49)47-22-12-21-46(10)23-24-47)44(31,40(6,7)54-43)39(42)52-36(32)30(35(29)53-41)15-14-27(3)4/h13-14,16-17,19,25,39H,11-12,15,18,20-24H2,1-10H3/b28-16-/t39?,41?,42-,43-,44?/m0/s1. The smallest absolute Gasteiger partial charge is 0.249 e. The molecule has 2 aliphatic carbocycles. The number of hydrogen-bond donors (Lipinski definition) is 0. The van der Waals surface area contributed by atoms with Gasteiger partial charge < -0.3 is 24.0 Å². The molecule has 1 aromatic carbocycles. The van der Waals surface area contributed by atoms with Gasteiger partial charge in [0.1, 0.15) is 39.9 Å². The number of benzene rings is 1. The average Bonchev–Trinajstić information content (AvgIpc) is 3.23. The highest BCUT2D eigenvalue weighted by Gasteiger charge is 2.91. The summed E-state index contributed by atoms with van der Waals surface area (Å²) in [6.07, 6.45) is 13.6. The van der Waals surface area contributed by atoms with E-state index in [1.54, 1.807) is 13.0 Å². The van der Waals surface area contributed by atoms with Gasteiger partial charge in [-0.2, -0.15) is 0 Å². The van der Waals surface area contributed by atoms with Gasteiger partial charge in [0.2, 0.25) is 5.91 Å². The van der Waals surface area contributed by atoms with Crippen LogP contribution in [0.2, 0.25) is 0 Å². The fraction of sp³-hybridized carbons (Fsp3) is 0.568. The van der Waals surface area contributed by atoms with E-state index in [0.29, 0.717) is 54.0 Å². The van der Waals surface area contributed by atoms with E-state index in [4.69, 9.17) is 14.2 Å². The summed E-state index contributed by atoms with van der Waals surface area (Å²) in [5.41, 5.74) is -1.16. The number of allylic oxidation sites excluding steroid dienone is 4. The summed E-state index contributed by atoms with van der Waals surface area (Å²) < 4.78 is 20.7. The summed E-state index contributed by atoms with van der Waals surface area (Å²) in [6, 6.07) is 0. The van der Waals surface area contributed by atoms with E-state index in [1.165, 1.54) is 5.57 Å². The van der Waals surface area contributed by atoms with E-state index in [-0.39, 0.29) is 35.1 Å². The second-order valence-electron chi connectivity index (χ2n) is 17.7. The molecule has 1 spiro atoms. The molecule has 2 saturated heterocycles. The Morgan fingerprint density at radius 2 is 1.69 bits per heavy atom.